The van der Waals surface area contributed by atoms with Crippen LogP contribution in [0, 0.1) is 0 Å². The average Bonchev–Trinajstić information content (AvgIpc) is 2.37. The van der Waals surface area contributed by atoms with Gasteiger partial charge in [0.15, 0.2) is 0 Å². The molecule has 3 N–H and O–H groups in total. The van der Waals surface area contributed by atoms with Crippen LogP contribution in [0.4, 0.5) is 24.5 Å². The molecule has 2 heterocycles. The Kier molecular flexibility index (Phi) is 3.50. The molecule has 0 saturated heterocycles. The number of nitrogens with one attached hydrogen (secondary N) is 1. The van der Waals surface area contributed by atoms with Crippen molar-refractivity contribution < 1.29 is 13.2 Å². The lowest BCUT2D eigenvalue weighted by Crippen LogP contribution is -2.11. The number of hydrogen-bond donors (Lipinski definition) is 2. The molecule has 0 atom stereocenters. The lowest BCUT2D eigenvalue weighted by atomic mass is 10.2. The van der Waals surface area contributed by atoms with Crippen LogP contribution in [-0.4, -0.2) is 15.0 Å². The predicted molar refractivity (Wildman–Crippen MR) is 63.0 cm³/mol. The molecule has 0 bridgehead atoms. The third kappa shape index (κ3) is 3.30. The van der Waals surface area contributed by atoms with Gasteiger partial charge >= 0.3 is 6.18 Å². The zero-order chi connectivity index (χ0) is 13.9. The molecule has 100 valence electrons. The number of pyridine rings is 1. The van der Waals surface area contributed by atoms with Gasteiger partial charge in [-0.3, -0.25) is 0 Å². The van der Waals surface area contributed by atoms with Crippen LogP contribution in [0.15, 0.2) is 30.9 Å². The number of halogens is 3. The van der Waals surface area contributed by atoms with E-state index in [9.17, 15) is 13.2 Å². The van der Waals surface area contributed by atoms with E-state index in [1.54, 1.807) is 12.3 Å². The van der Waals surface area contributed by atoms with E-state index in [1.807, 2.05) is 0 Å². The van der Waals surface area contributed by atoms with Crippen LogP contribution in [0.3, 0.4) is 0 Å². The molecule has 19 heavy (non-hydrogen) atoms. The first-order valence-corrected chi connectivity index (χ1v) is 5.28. The van der Waals surface area contributed by atoms with E-state index in [-0.39, 0.29) is 17.9 Å². The smallest absolute Gasteiger partial charge is 0.396 e. The van der Waals surface area contributed by atoms with Gasteiger partial charge < -0.3 is 11.1 Å². The summed E-state index contributed by atoms with van der Waals surface area (Å²) in [6.45, 7) is 0.244. The highest BCUT2D eigenvalue weighted by Crippen LogP contribution is 2.31. The van der Waals surface area contributed by atoms with E-state index in [4.69, 9.17) is 5.73 Å². The van der Waals surface area contributed by atoms with Crippen LogP contribution in [-0.2, 0) is 12.7 Å². The van der Waals surface area contributed by atoms with Crippen molar-refractivity contribution in [3.8, 4) is 0 Å². The molecule has 0 aliphatic carbocycles. The molecule has 0 fully saturated rings. The number of nitrogens with zero attached hydrogens (tertiary/aromatic N) is 3. The second-order valence-corrected chi connectivity index (χ2v) is 3.71. The van der Waals surface area contributed by atoms with Gasteiger partial charge in [-0.2, -0.15) is 13.2 Å². The van der Waals surface area contributed by atoms with Gasteiger partial charge in [0.25, 0.3) is 0 Å². The maximum atomic E-state index is 12.5. The van der Waals surface area contributed by atoms with Crippen molar-refractivity contribution in [1.82, 2.24) is 15.0 Å². The van der Waals surface area contributed by atoms with E-state index in [1.165, 1.54) is 6.33 Å². The molecular formula is C11H10F3N5. The summed E-state index contributed by atoms with van der Waals surface area (Å²) >= 11 is 0. The van der Waals surface area contributed by atoms with E-state index >= 15 is 0 Å². The highest BCUT2D eigenvalue weighted by atomic mass is 19.4. The van der Waals surface area contributed by atoms with Crippen molar-refractivity contribution in [3.05, 3.63) is 42.2 Å². The first-order chi connectivity index (χ1) is 8.97. The third-order valence-corrected chi connectivity index (χ3v) is 2.33. The summed E-state index contributed by atoms with van der Waals surface area (Å²) in [6.07, 6.45) is -0.626. The summed E-state index contributed by atoms with van der Waals surface area (Å²) in [7, 11) is 0. The molecule has 2 aromatic heterocycles. The Hall–Kier alpha value is -2.38. The van der Waals surface area contributed by atoms with Crippen LogP contribution in [0.2, 0.25) is 0 Å². The quantitative estimate of drug-likeness (QED) is 0.892. The molecule has 0 aliphatic rings. The number of rotatable bonds is 3. The SMILES string of the molecule is Nc1cnc(C(F)(F)F)cc1NCc1ccncn1. The van der Waals surface area contributed by atoms with Crippen molar-refractivity contribution in [3.63, 3.8) is 0 Å². The van der Waals surface area contributed by atoms with Gasteiger partial charge in [0.1, 0.15) is 12.0 Å². The summed E-state index contributed by atoms with van der Waals surface area (Å²) in [6, 6.07) is 2.52. The molecule has 0 amide bonds. The van der Waals surface area contributed by atoms with Gasteiger partial charge in [0, 0.05) is 6.20 Å². The Morgan fingerprint density at radius 2 is 2.05 bits per heavy atom. The van der Waals surface area contributed by atoms with Gasteiger partial charge in [-0.15, -0.1) is 0 Å². The number of nitrogen functional groups attached to an aromatic ring is 1. The van der Waals surface area contributed by atoms with Crippen LogP contribution >= 0.6 is 0 Å². The first-order valence-electron chi connectivity index (χ1n) is 5.28. The normalized spacial score (nSPS) is 11.3. The lowest BCUT2D eigenvalue weighted by Gasteiger charge is -2.11. The largest absolute Gasteiger partial charge is 0.433 e. The molecule has 0 aliphatic heterocycles. The third-order valence-electron chi connectivity index (χ3n) is 2.33. The van der Waals surface area contributed by atoms with Gasteiger partial charge in [0.2, 0.25) is 0 Å². The fraction of sp³-hybridized carbons (Fsp3) is 0.182. The molecular weight excluding hydrogens is 259 g/mol. The lowest BCUT2D eigenvalue weighted by molar-refractivity contribution is -0.141. The first kappa shape index (κ1) is 13.1. The maximum absolute atomic E-state index is 12.5. The number of anilines is 2. The minimum absolute atomic E-state index is 0.141. The van der Waals surface area contributed by atoms with Gasteiger partial charge in [-0.05, 0) is 12.1 Å². The van der Waals surface area contributed by atoms with Crippen LogP contribution in [0.1, 0.15) is 11.4 Å². The monoisotopic (exact) mass is 269 g/mol. The highest BCUT2D eigenvalue weighted by molar-refractivity contribution is 5.65. The number of nitrogens with two attached hydrogens (primary N) is 1. The molecule has 0 spiro atoms. The summed E-state index contributed by atoms with van der Waals surface area (Å²) in [5.74, 6) is 0. The second-order valence-electron chi connectivity index (χ2n) is 3.71. The Bertz CT molecular complexity index is 556. The Labute approximate surface area is 106 Å². The molecule has 0 aromatic carbocycles. The van der Waals surface area contributed by atoms with Crippen molar-refractivity contribution >= 4 is 11.4 Å². The molecule has 2 aromatic rings. The Balaban J connectivity index is 2.16. The topological polar surface area (TPSA) is 76.7 Å². The summed E-state index contributed by atoms with van der Waals surface area (Å²) in [4.78, 5) is 10.9. The standard InChI is InChI=1S/C11H10F3N5/c12-11(13,14)10-3-9(8(15)5-18-10)17-4-7-1-2-16-6-19-7/h1-3,5-6H,4,15H2,(H,17,18). The molecule has 5 nitrogen and oxygen atoms in total. The Morgan fingerprint density at radius 1 is 1.26 bits per heavy atom. The molecule has 0 unspecified atom stereocenters. The van der Waals surface area contributed by atoms with Crippen LogP contribution < -0.4 is 11.1 Å². The van der Waals surface area contributed by atoms with Crippen LogP contribution in [0.5, 0.6) is 0 Å². The number of aromatic nitrogens is 3. The average molecular weight is 269 g/mol. The zero-order valence-electron chi connectivity index (χ0n) is 9.65. The van der Waals surface area contributed by atoms with E-state index < -0.39 is 11.9 Å². The molecule has 2 rings (SSSR count). The highest BCUT2D eigenvalue weighted by Gasteiger charge is 2.32. The van der Waals surface area contributed by atoms with Crippen LogP contribution in [0.25, 0.3) is 0 Å². The minimum Gasteiger partial charge on any atom is -0.396 e. The molecule has 0 radical (unpaired) electrons. The number of alkyl halides is 3. The van der Waals surface area contributed by atoms with Crippen molar-refractivity contribution in [2.24, 2.45) is 0 Å². The van der Waals surface area contributed by atoms with Gasteiger partial charge in [-0.25, -0.2) is 15.0 Å². The molecule has 8 heteroatoms. The fourth-order valence-electron chi connectivity index (χ4n) is 1.38. The zero-order valence-corrected chi connectivity index (χ0v) is 9.65. The maximum Gasteiger partial charge on any atom is 0.433 e. The van der Waals surface area contributed by atoms with E-state index in [0.29, 0.717) is 5.69 Å². The minimum atomic E-state index is -4.50. The summed E-state index contributed by atoms with van der Waals surface area (Å²) in [5.41, 5.74) is 5.53. The molecule has 0 saturated carbocycles. The van der Waals surface area contributed by atoms with Crippen molar-refractivity contribution in [2.75, 3.05) is 11.1 Å². The van der Waals surface area contributed by atoms with Crippen molar-refractivity contribution in [1.29, 1.82) is 0 Å². The van der Waals surface area contributed by atoms with Crippen molar-refractivity contribution in [2.45, 2.75) is 12.7 Å². The predicted octanol–water partition coefficient (Wildman–Crippen LogP) is 2.08. The van der Waals surface area contributed by atoms with E-state index in [2.05, 4.69) is 20.3 Å². The number of hydrogen-bond acceptors (Lipinski definition) is 5. The van der Waals surface area contributed by atoms with Gasteiger partial charge in [-0.1, -0.05) is 0 Å². The van der Waals surface area contributed by atoms with Gasteiger partial charge in [0.05, 0.1) is 29.8 Å². The van der Waals surface area contributed by atoms with E-state index in [0.717, 1.165) is 12.3 Å². The summed E-state index contributed by atoms with van der Waals surface area (Å²) < 4.78 is 37.5. The Morgan fingerprint density at radius 3 is 2.68 bits per heavy atom. The second kappa shape index (κ2) is 5.09. The fourth-order valence-corrected chi connectivity index (χ4v) is 1.38. The summed E-state index contributed by atoms with van der Waals surface area (Å²) in [5, 5.41) is 2.79.